The fourth-order valence-electron chi connectivity index (χ4n) is 3.94. The van der Waals surface area contributed by atoms with E-state index in [1.54, 1.807) is 18.2 Å². The molecule has 1 saturated carbocycles. The van der Waals surface area contributed by atoms with Crippen LogP contribution in [0.15, 0.2) is 66.5 Å². The van der Waals surface area contributed by atoms with E-state index in [0.29, 0.717) is 18.4 Å². The van der Waals surface area contributed by atoms with Crippen molar-refractivity contribution in [2.24, 2.45) is 0 Å². The zero-order chi connectivity index (χ0) is 20.5. The molecule has 2 aromatic rings. The molecule has 0 radical (unpaired) electrons. The number of halogens is 5. The first-order chi connectivity index (χ1) is 14.2. The van der Waals surface area contributed by atoms with Crippen molar-refractivity contribution in [1.82, 2.24) is 0 Å². The van der Waals surface area contributed by atoms with Gasteiger partial charge in [-0.2, -0.15) is 0 Å². The monoisotopic (exact) mass is 534 g/mol. The predicted octanol–water partition coefficient (Wildman–Crippen LogP) is 1.26. The molecule has 1 fully saturated rings. The molecule has 0 aromatic heterocycles. The average Bonchev–Trinajstić information content (AvgIpc) is 3.36. The summed E-state index contributed by atoms with van der Waals surface area (Å²) in [6.07, 6.45) is 14.1. The molecule has 0 N–H and O–H groups in total. The molecule has 2 aromatic carbocycles. The molecule has 0 unspecified atom stereocenters. The molecule has 0 spiro atoms. The van der Waals surface area contributed by atoms with Crippen LogP contribution in [0.25, 0.3) is 11.1 Å². The van der Waals surface area contributed by atoms with Gasteiger partial charge < -0.3 is 24.8 Å². The number of hydrogen-bond donors (Lipinski definition) is 0. The molecule has 0 nitrogen and oxygen atoms in total. The van der Waals surface area contributed by atoms with Gasteiger partial charge in [-0.05, 0) is 59.4 Å². The van der Waals surface area contributed by atoms with Crippen molar-refractivity contribution in [3.63, 3.8) is 0 Å². The van der Waals surface area contributed by atoms with E-state index in [-0.39, 0.29) is 43.2 Å². The Labute approximate surface area is 212 Å². The third-order valence-electron chi connectivity index (χ3n) is 5.46. The van der Waals surface area contributed by atoms with Crippen molar-refractivity contribution in [3.05, 3.63) is 83.5 Å². The topological polar surface area (TPSA) is 0 Å². The summed E-state index contributed by atoms with van der Waals surface area (Å²) in [5, 5.41) is 0. The minimum Gasteiger partial charge on any atom is -1.00 e. The Kier molecular flexibility index (Phi) is 14.2. The number of fused-ring (bicyclic) bond motifs is 3. The Hall–Kier alpha value is -0.419. The van der Waals surface area contributed by atoms with Gasteiger partial charge in [0.2, 0.25) is 0 Å². The summed E-state index contributed by atoms with van der Waals surface area (Å²) in [4.78, 5) is 0. The zero-order valence-electron chi connectivity index (χ0n) is 17.4. The molecule has 5 rings (SSSR count). The van der Waals surface area contributed by atoms with Gasteiger partial charge in [-0.25, -0.2) is 8.78 Å². The Morgan fingerprint density at radius 1 is 0.903 bits per heavy atom. The third kappa shape index (κ3) is 9.15. The Morgan fingerprint density at radius 2 is 1.61 bits per heavy atom. The predicted molar refractivity (Wildman–Crippen MR) is 119 cm³/mol. The molecule has 0 saturated heterocycles. The smallest absolute Gasteiger partial charge is 0.123 e. The largest absolute Gasteiger partial charge is 1.00 e. The summed E-state index contributed by atoms with van der Waals surface area (Å²) in [7, 11) is 0. The number of rotatable bonds is 2. The molecule has 0 aliphatic heterocycles. The maximum Gasteiger partial charge on any atom is 0.123 e. The van der Waals surface area contributed by atoms with Gasteiger partial charge in [-0.3, -0.25) is 0 Å². The molecule has 166 valence electrons. The zero-order valence-corrected chi connectivity index (χ0v) is 22.6. The van der Waals surface area contributed by atoms with Crippen LogP contribution in [-0.4, -0.2) is 6.70 Å². The average molecular weight is 536 g/mol. The quantitative estimate of drug-likeness (QED) is 0.343. The molecule has 0 bridgehead atoms. The maximum absolute atomic E-state index is 13.1. The van der Waals surface area contributed by atoms with Crippen LogP contribution in [0.2, 0.25) is 4.22 Å². The first-order valence-electron chi connectivity index (χ1n) is 10.4. The van der Waals surface area contributed by atoms with E-state index >= 15 is 0 Å². The van der Waals surface area contributed by atoms with E-state index < -0.39 is 0 Å². The van der Waals surface area contributed by atoms with Crippen LogP contribution in [0.5, 0.6) is 0 Å². The SMILES string of the molecule is Cl[SiH2][Ti+2][CH]1CCCCC1.FC1=CCC=C1.Fc1ccc2c(c1)-c1ccccc1C2.[Cl-].[Cl-]. The second kappa shape index (κ2) is 15.4. The summed E-state index contributed by atoms with van der Waals surface area (Å²) < 4.78 is 25.9. The first kappa shape index (κ1) is 28.6. The maximum atomic E-state index is 13.1. The summed E-state index contributed by atoms with van der Waals surface area (Å²) in [6, 6.07) is 13.2. The van der Waals surface area contributed by atoms with Crippen LogP contribution in [0.1, 0.15) is 49.7 Å². The summed E-state index contributed by atoms with van der Waals surface area (Å²) in [6.45, 7) is -0.0336. The molecule has 31 heavy (non-hydrogen) atoms. The molecular weight excluding hydrogens is 509 g/mol. The number of allylic oxidation sites excluding steroid dienone is 4. The Balaban J connectivity index is 0.000000246. The van der Waals surface area contributed by atoms with Crippen molar-refractivity contribution >= 4 is 17.8 Å². The van der Waals surface area contributed by atoms with Gasteiger partial charge in [-0.1, -0.05) is 36.4 Å². The van der Waals surface area contributed by atoms with E-state index in [1.165, 1.54) is 60.9 Å². The fourth-order valence-corrected chi connectivity index (χ4v) is 10.8. The van der Waals surface area contributed by atoms with Crippen LogP contribution in [0, 0.1) is 5.82 Å². The standard InChI is InChI=1S/C13H9F.C6H11.C5H5F.ClH2Si.2ClH.Ti/c14-11-6-5-10-7-9-3-1-2-4-12(9)13(10)8-11;1-2-4-6-5-3-1;6-5-3-1-2-4-5;1-2;;;/h1-6,8H,7H2;1H,2-6H2;1,3-4H,2H2;2H2;2*1H;/q;;;;;;+2/p-2. The van der Waals surface area contributed by atoms with E-state index in [1.807, 2.05) is 18.2 Å². The van der Waals surface area contributed by atoms with E-state index in [2.05, 4.69) is 12.1 Å². The molecule has 0 amide bonds. The number of hydrogen-bond acceptors (Lipinski definition) is 0. The fraction of sp³-hybridized carbons (Fsp3) is 0.333. The first-order valence-corrected chi connectivity index (χ1v) is 17.4. The molecule has 0 heterocycles. The van der Waals surface area contributed by atoms with Crippen LogP contribution < -0.4 is 24.8 Å². The Bertz CT molecular complexity index is 862. The van der Waals surface area contributed by atoms with Gasteiger partial charge in [0.25, 0.3) is 0 Å². The van der Waals surface area contributed by atoms with Crippen molar-refractivity contribution in [1.29, 1.82) is 0 Å². The molecule has 3 aliphatic rings. The Morgan fingerprint density at radius 3 is 2.23 bits per heavy atom. The van der Waals surface area contributed by atoms with E-state index in [9.17, 15) is 8.78 Å². The van der Waals surface area contributed by atoms with E-state index in [4.69, 9.17) is 11.1 Å². The molecular formula is C24H27Cl3F2SiTi. The van der Waals surface area contributed by atoms with Crippen LogP contribution in [0.4, 0.5) is 8.78 Å². The van der Waals surface area contributed by atoms with Gasteiger partial charge in [0.1, 0.15) is 11.6 Å². The minimum atomic E-state index is -0.152. The summed E-state index contributed by atoms with van der Waals surface area (Å²) in [5.74, 6) is -0.254. The van der Waals surface area contributed by atoms with Crippen LogP contribution >= 0.6 is 11.1 Å². The van der Waals surface area contributed by atoms with Crippen molar-refractivity contribution in [2.75, 3.05) is 0 Å². The van der Waals surface area contributed by atoms with Gasteiger partial charge in [0.15, 0.2) is 0 Å². The second-order valence-electron chi connectivity index (χ2n) is 7.54. The molecule has 7 heteroatoms. The van der Waals surface area contributed by atoms with Gasteiger partial charge in [-0.15, -0.1) is 0 Å². The third-order valence-corrected chi connectivity index (χ3v) is 12.4. The van der Waals surface area contributed by atoms with Crippen LogP contribution in [-0.2, 0) is 24.8 Å². The van der Waals surface area contributed by atoms with Crippen molar-refractivity contribution < 1.29 is 52.0 Å². The normalized spacial score (nSPS) is 15.8. The van der Waals surface area contributed by atoms with Crippen molar-refractivity contribution in [3.8, 4) is 11.1 Å². The van der Waals surface area contributed by atoms with E-state index in [0.717, 1.165) is 22.6 Å². The van der Waals surface area contributed by atoms with Gasteiger partial charge in [0, 0.05) is 0 Å². The minimum absolute atomic E-state index is 0. The number of benzene rings is 2. The molecule has 3 aliphatic carbocycles. The summed E-state index contributed by atoms with van der Waals surface area (Å²) >= 11 is 6.22. The van der Waals surface area contributed by atoms with Crippen molar-refractivity contribution in [2.45, 2.75) is 49.2 Å². The van der Waals surface area contributed by atoms with Gasteiger partial charge in [0.05, 0.1) is 0 Å². The van der Waals surface area contributed by atoms with Crippen LogP contribution in [0.3, 0.4) is 0 Å². The molecule has 0 atom stereocenters. The van der Waals surface area contributed by atoms with Gasteiger partial charge >= 0.3 is 72.5 Å². The second-order valence-corrected chi connectivity index (χ2v) is 16.0. The summed E-state index contributed by atoms with van der Waals surface area (Å²) in [5.41, 5.74) is 4.77.